The van der Waals surface area contributed by atoms with Crippen LogP contribution in [0.3, 0.4) is 0 Å². The molecule has 0 aliphatic rings. The molecule has 0 bridgehead atoms. The Balaban J connectivity index is 0.00000162. The average molecular weight is 266 g/mol. The molecule has 18 heavy (non-hydrogen) atoms. The second kappa shape index (κ2) is 6.62. The van der Waals surface area contributed by atoms with Gasteiger partial charge in [0.15, 0.2) is 0 Å². The minimum absolute atomic E-state index is 0. The van der Waals surface area contributed by atoms with Crippen LogP contribution in [0, 0.1) is 13.8 Å². The Hall–Kier alpha value is -1.25. The molecule has 2 N–H and O–H groups in total. The Bertz CT molecular complexity index is 479. The van der Waals surface area contributed by atoms with Crippen LogP contribution in [-0.2, 0) is 6.42 Å². The van der Waals surface area contributed by atoms with E-state index in [1.165, 1.54) is 16.7 Å². The zero-order chi connectivity index (χ0) is 12.3. The molecule has 1 aromatic carbocycles. The molecule has 0 aliphatic heterocycles. The van der Waals surface area contributed by atoms with Crippen LogP contribution in [0.15, 0.2) is 41.0 Å². The molecule has 0 saturated heterocycles. The highest BCUT2D eigenvalue weighted by atomic mass is 35.5. The van der Waals surface area contributed by atoms with Gasteiger partial charge in [-0.2, -0.15) is 0 Å². The molecule has 1 atom stereocenters. The molecule has 0 aliphatic carbocycles. The van der Waals surface area contributed by atoms with E-state index in [0.29, 0.717) is 0 Å². The van der Waals surface area contributed by atoms with Gasteiger partial charge in [-0.15, -0.1) is 12.4 Å². The summed E-state index contributed by atoms with van der Waals surface area (Å²) in [6, 6.07) is 10.4. The predicted molar refractivity (Wildman–Crippen MR) is 77.1 cm³/mol. The Morgan fingerprint density at radius 2 is 1.94 bits per heavy atom. The van der Waals surface area contributed by atoms with Gasteiger partial charge in [-0.3, -0.25) is 0 Å². The van der Waals surface area contributed by atoms with E-state index in [-0.39, 0.29) is 18.4 Å². The highest BCUT2D eigenvalue weighted by Crippen LogP contribution is 2.19. The lowest BCUT2D eigenvalue weighted by Crippen LogP contribution is -2.11. The van der Waals surface area contributed by atoms with Gasteiger partial charge in [0.25, 0.3) is 0 Å². The van der Waals surface area contributed by atoms with E-state index >= 15 is 0 Å². The molecule has 2 rings (SSSR count). The number of hydrogen-bond acceptors (Lipinski definition) is 2. The first-order chi connectivity index (χ1) is 8.16. The summed E-state index contributed by atoms with van der Waals surface area (Å²) in [4.78, 5) is 0. The van der Waals surface area contributed by atoms with Crippen LogP contribution < -0.4 is 5.73 Å². The molecule has 0 amide bonds. The Morgan fingerprint density at radius 1 is 1.17 bits per heavy atom. The number of hydrogen-bond donors (Lipinski definition) is 1. The first kappa shape index (κ1) is 14.8. The fourth-order valence-corrected chi connectivity index (χ4v) is 1.91. The van der Waals surface area contributed by atoms with E-state index in [9.17, 15) is 0 Å². The highest BCUT2D eigenvalue weighted by molar-refractivity contribution is 5.85. The summed E-state index contributed by atoms with van der Waals surface area (Å²) >= 11 is 0. The summed E-state index contributed by atoms with van der Waals surface area (Å²) in [6.07, 6.45) is 3.51. The van der Waals surface area contributed by atoms with Crippen molar-refractivity contribution in [3.63, 3.8) is 0 Å². The van der Waals surface area contributed by atoms with Crippen molar-refractivity contribution >= 4 is 12.4 Å². The fourth-order valence-electron chi connectivity index (χ4n) is 1.91. The molecule has 1 aromatic heterocycles. The standard InChI is InChI=1S/C15H19NO.ClH/c1-11-5-6-13(10-12(11)2)15(16)8-7-14-4-3-9-17-14;/h3-6,9-10,15H,7-8,16H2,1-2H3;1H. The van der Waals surface area contributed by atoms with E-state index in [1.807, 2.05) is 12.1 Å². The third-order valence-electron chi connectivity index (χ3n) is 3.24. The molecular weight excluding hydrogens is 246 g/mol. The lowest BCUT2D eigenvalue weighted by molar-refractivity contribution is 0.488. The van der Waals surface area contributed by atoms with Crippen molar-refractivity contribution in [2.75, 3.05) is 0 Å². The SMILES string of the molecule is Cc1ccc(C(N)CCc2ccco2)cc1C.Cl. The first-order valence-electron chi connectivity index (χ1n) is 6.02. The molecule has 0 fully saturated rings. The monoisotopic (exact) mass is 265 g/mol. The lowest BCUT2D eigenvalue weighted by atomic mass is 9.98. The predicted octanol–water partition coefficient (Wildman–Crippen LogP) is 3.95. The van der Waals surface area contributed by atoms with Crippen LogP contribution in [0.25, 0.3) is 0 Å². The summed E-state index contributed by atoms with van der Waals surface area (Å²) in [6.45, 7) is 4.24. The molecule has 3 heteroatoms. The molecule has 2 nitrogen and oxygen atoms in total. The number of rotatable bonds is 4. The maximum atomic E-state index is 6.19. The normalized spacial score (nSPS) is 11.9. The van der Waals surface area contributed by atoms with Gasteiger partial charge in [0.1, 0.15) is 5.76 Å². The molecule has 0 radical (unpaired) electrons. The Labute approximate surface area is 115 Å². The maximum absolute atomic E-state index is 6.19. The number of benzene rings is 1. The van der Waals surface area contributed by atoms with Crippen molar-refractivity contribution < 1.29 is 4.42 Å². The zero-order valence-corrected chi connectivity index (χ0v) is 11.7. The summed E-state index contributed by atoms with van der Waals surface area (Å²) in [5.41, 5.74) is 10.0. The summed E-state index contributed by atoms with van der Waals surface area (Å²) in [5, 5.41) is 0. The third kappa shape index (κ3) is 3.62. The second-order valence-corrected chi connectivity index (χ2v) is 4.57. The van der Waals surface area contributed by atoms with Crippen molar-refractivity contribution in [1.82, 2.24) is 0 Å². The van der Waals surface area contributed by atoms with Crippen molar-refractivity contribution in [2.45, 2.75) is 32.7 Å². The number of furan rings is 1. The van der Waals surface area contributed by atoms with Crippen LogP contribution in [0.2, 0.25) is 0 Å². The largest absolute Gasteiger partial charge is 0.469 e. The molecule has 1 unspecified atom stereocenters. The van der Waals surface area contributed by atoms with Crippen molar-refractivity contribution in [1.29, 1.82) is 0 Å². The number of aryl methyl sites for hydroxylation is 3. The lowest BCUT2D eigenvalue weighted by Gasteiger charge is -2.13. The van der Waals surface area contributed by atoms with E-state index in [1.54, 1.807) is 6.26 Å². The molecule has 98 valence electrons. The van der Waals surface area contributed by atoms with E-state index < -0.39 is 0 Å². The maximum Gasteiger partial charge on any atom is 0.103 e. The average Bonchev–Trinajstić information content (AvgIpc) is 2.82. The number of nitrogens with two attached hydrogens (primary N) is 1. The zero-order valence-electron chi connectivity index (χ0n) is 10.8. The van der Waals surface area contributed by atoms with Gasteiger partial charge in [-0.1, -0.05) is 18.2 Å². The van der Waals surface area contributed by atoms with E-state index in [2.05, 4.69) is 32.0 Å². The van der Waals surface area contributed by atoms with Gasteiger partial charge in [0.05, 0.1) is 6.26 Å². The van der Waals surface area contributed by atoms with Crippen LogP contribution in [0.1, 0.15) is 34.9 Å². The van der Waals surface area contributed by atoms with E-state index in [0.717, 1.165) is 18.6 Å². The van der Waals surface area contributed by atoms with Gasteiger partial charge in [0, 0.05) is 12.5 Å². The Morgan fingerprint density at radius 3 is 2.56 bits per heavy atom. The van der Waals surface area contributed by atoms with E-state index in [4.69, 9.17) is 10.2 Å². The van der Waals surface area contributed by atoms with Crippen molar-refractivity contribution in [3.8, 4) is 0 Å². The molecule has 0 saturated carbocycles. The smallest absolute Gasteiger partial charge is 0.103 e. The van der Waals surface area contributed by atoms with Crippen LogP contribution in [0.4, 0.5) is 0 Å². The molecular formula is C15H20ClNO. The van der Waals surface area contributed by atoms with Gasteiger partial charge < -0.3 is 10.2 Å². The van der Waals surface area contributed by atoms with Gasteiger partial charge in [-0.25, -0.2) is 0 Å². The highest BCUT2D eigenvalue weighted by Gasteiger charge is 2.08. The van der Waals surface area contributed by atoms with Gasteiger partial charge >= 0.3 is 0 Å². The fraction of sp³-hybridized carbons (Fsp3) is 0.333. The van der Waals surface area contributed by atoms with Gasteiger partial charge in [-0.05, 0) is 49.1 Å². The van der Waals surface area contributed by atoms with Crippen LogP contribution in [0.5, 0.6) is 0 Å². The topological polar surface area (TPSA) is 39.2 Å². The summed E-state index contributed by atoms with van der Waals surface area (Å²) < 4.78 is 5.31. The van der Waals surface area contributed by atoms with Crippen molar-refractivity contribution in [3.05, 3.63) is 59.0 Å². The summed E-state index contributed by atoms with van der Waals surface area (Å²) in [7, 11) is 0. The Kier molecular flexibility index (Phi) is 5.45. The van der Waals surface area contributed by atoms with Crippen LogP contribution in [-0.4, -0.2) is 0 Å². The van der Waals surface area contributed by atoms with Crippen LogP contribution >= 0.6 is 12.4 Å². The minimum atomic E-state index is 0. The molecule has 1 heterocycles. The minimum Gasteiger partial charge on any atom is -0.469 e. The second-order valence-electron chi connectivity index (χ2n) is 4.57. The third-order valence-corrected chi connectivity index (χ3v) is 3.24. The molecule has 0 spiro atoms. The van der Waals surface area contributed by atoms with Crippen molar-refractivity contribution in [2.24, 2.45) is 5.73 Å². The van der Waals surface area contributed by atoms with Gasteiger partial charge in [0.2, 0.25) is 0 Å². The first-order valence-corrected chi connectivity index (χ1v) is 6.02. The molecule has 2 aromatic rings. The quantitative estimate of drug-likeness (QED) is 0.909. The summed E-state index contributed by atoms with van der Waals surface area (Å²) in [5.74, 6) is 1.00. The number of halogens is 1.